The molecule has 2 aliphatic rings. The lowest BCUT2D eigenvalue weighted by molar-refractivity contribution is -0.181. The van der Waals surface area contributed by atoms with Gasteiger partial charge in [0.15, 0.2) is 5.82 Å². The normalized spacial score (nSPS) is 26.3. The number of rotatable bonds is 0. The van der Waals surface area contributed by atoms with E-state index in [2.05, 4.69) is 9.98 Å². The lowest BCUT2D eigenvalue weighted by Gasteiger charge is -2.36. The van der Waals surface area contributed by atoms with Crippen molar-refractivity contribution < 1.29 is 10.4 Å². The monoisotopic (exact) mass is 273 g/mol. The SMILES string of the molecule is CC1(C)N([O])/C(=C2\C=c3ncccc3=N2)N(O)C1(C)C. The predicted octanol–water partition coefficient (Wildman–Crippen LogP) is 0.574. The Morgan fingerprint density at radius 2 is 1.90 bits per heavy atom. The molecule has 0 amide bonds. The summed E-state index contributed by atoms with van der Waals surface area (Å²) in [4.78, 5) is 8.58. The number of nitrogens with zero attached hydrogens (tertiary/aromatic N) is 4. The van der Waals surface area contributed by atoms with Crippen LogP contribution in [0.3, 0.4) is 0 Å². The molecule has 0 aliphatic carbocycles. The average Bonchev–Trinajstić information content (AvgIpc) is 2.85. The lowest BCUT2D eigenvalue weighted by Crippen LogP contribution is -2.52. The molecular weight excluding hydrogens is 256 g/mol. The number of hydrogen-bond donors (Lipinski definition) is 1. The number of allylic oxidation sites excluding steroid dienone is 1. The van der Waals surface area contributed by atoms with Crippen LogP contribution in [0.2, 0.25) is 0 Å². The highest BCUT2D eigenvalue weighted by Gasteiger charge is 2.57. The number of hydrogen-bond acceptors (Lipinski definition) is 5. The molecule has 6 nitrogen and oxygen atoms in total. The number of fused-ring (bicyclic) bond motifs is 1. The van der Waals surface area contributed by atoms with E-state index in [1.807, 2.05) is 19.9 Å². The third-order valence-electron chi connectivity index (χ3n) is 4.49. The Hall–Kier alpha value is -1.92. The van der Waals surface area contributed by atoms with Crippen molar-refractivity contribution in [1.29, 1.82) is 0 Å². The molecule has 20 heavy (non-hydrogen) atoms. The van der Waals surface area contributed by atoms with E-state index in [0.717, 1.165) is 10.1 Å². The van der Waals surface area contributed by atoms with Gasteiger partial charge in [-0.05, 0) is 45.9 Å². The van der Waals surface area contributed by atoms with Crippen molar-refractivity contribution in [2.75, 3.05) is 0 Å². The first-order valence-electron chi connectivity index (χ1n) is 6.49. The Morgan fingerprint density at radius 3 is 2.45 bits per heavy atom. The molecule has 0 atom stereocenters. The molecule has 1 fully saturated rings. The maximum atomic E-state index is 12.5. The molecular formula is C14H17N4O2. The second-order valence-corrected chi connectivity index (χ2v) is 6.10. The maximum Gasteiger partial charge on any atom is 0.183 e. The van der Waals surface area contributed by atoms with Gasteiger partial charge in [0, 0.05) is 6.20 Å². The van der Waals surface area contributed by atoms with E-state index in [0.29, 0.717) is 16.4 Å². The summed E-state index contributed by atoms with van der Waals surface area (Å²) in [5.74, 6) is 0.165. The molecule has 0 saturated carbocycles. The van der Waals surface area contributed by atoms with Crippen LogP contribution in [0.5, 0.6) is 0 Å². The van der Waals surface area contributed by atoms with Crippen LogP contribution in [0.15, 0.2) is 34.8 Å². The first kappa shape index (κ1) is 13.1. The summed E-state index contributed by atoms with van der Waals surface area (Å²) in [6.07, 6.45) is 3.39. The van der Waals surface area contributed by atoms with E-state index in [9.17, 15) is 10.4 Å². The highest BCUT2D eigenvalue weighted by molar-refractivity contribution is 5.50. The minimum Gasteiger partial charge on any atom is -0.286 e. The van der Waals surface area contributed by atoms with Gasteiger partial charge in [0.05, 0.1) is 21.8 Å². The van der Waals surface area contributed by atoms with E-state index in [1.54, 1.807) is 32.2 Å². The average molecular weight is 273 g/mol. The molecule has 1 N–H and O–H groups in total. The zero-order valence-corrected chi connectivity index (χ0v) is 12.0. The second kappa shape index (κ2) is 3.80. The maximum absolute atomic E-state index is 12.5. The summed E-state index contributed by atoms with van der Waals surface area (Å²) in [5.41, 5.74) is -1.05. The standard InChI is InChI=1S/C14H17N4O2/c1-13(2)14(3,4)18(20)12(17(13)19)11-8-10-9(16-11)6-5-7-15-10/h5-8,19H,1-4H3/b12-11+. The van der Waals surface area contributed by atoms with Crippen molar-refractivity contribution in [3.05, 3.63) is 40.6 Å². The molecule has 6 heteroatoms. The lowest BCUT2D eigenvalue weighted by atomic mass is 9.84. The van der Waals surface area contributed by atoms with Crippen molar-refractivity contribution in [1.82, 2.24) is 15.1 Å². The van der Waals surface area contributed by atoms with Crippen molar-refractivity contribution >= 4 is 6.08 Å². The fourth-order valence-electron chi connectivity index (χ4n) is 2.36. The van der Waals surface area contributed by atoms with Gasteiger partial charge in [-0.1, -0.05) is 5.21 Å². The first-order valence-corrected chi connectivity index (χ1v) is 6.49. The third-order valence-corrected chi connectivity index (χ3v) is 4.49. The summed E-state index contributed by atoms with van der Waals surface area (Å²) in [5, 5.41) is 26.2. The highest BCUT2D eigenvalue weighted by atomic mass is 16.6. The molecule has 1 radical (unpaired) electrons. The van der Waals surface area contributed by atoms with E-state index < -0.39 is 11.1 Å². The Balaban J connectivity index is 2.22. The molecule has 0 unspecified atom stereocenters. The minimum absolute atomic E-state index is 0.165. The molecule has 0 bridgehead atoms. The van der Waals surface area contributed by atoms with Crippen LogP contribution in [0.25, 0.3) is 6.08 Å². The van der Waals surface area contributed by atoms with Crippen molar-refractivity contribution in [2.24, 2.45) is 4.99 Å². The van der Waals surface area contributed by atoms with Crippen LogP contribution < -0.4 is 10.7 Å². The van der Waals surface area contributed by atoms with Crippen LogP contribution in [0.1, 0.15) is 27.7 Å². The van der Waals surface area contributed by atoms with Gasteiger partial charge in [-0.25, -0.2) is 10.1 Å². The smallest absolute Gasteiger partial charge is 0.183 e. The number of hydroxylamine groups is 4. The van der Waals surface area contributed by atoms with Crippen LogP contribution >= 0.6 is 0 Å². The largest absolute Gasteiger partial charge is 0.286 e. The number of aromatic nitrogens is 1. The van der Waals surface area contributed by atoms with E-state index in [4.69, 9.17) is 0 Å². The van der Waals surface area contributed by atoms with Gasteiger partial charge < -0.3 is 0 Å². The van der Waals surface area contributed by atoms with Crippen LogP contribution in [0.4, 0.5) is 0 Å². The Labute approximate surface area is 116 Å². The summed E-state index contributed by atoms with van der Waals surface area (Å²) in [6.45, 7) is 7.26. The number of pyridine rings is 1. The molecule has 1 aromatic rings. The molecule has 1 aromatic heterocycles. The van der Waals surface area contributed by atoms with Gasteiger partial charge in [0.2, 0.25) is 0 Å². The summed E-state index contributed by atoms with van der Waals surface area (Å²) in [7, 11) is 0. The van der Waals surface area contributed by atoms with Crippen LogP contribution in [0, 0.1) is 0 Å². The highest BCUT2D eigenvalue weighted by Crippen LogP contribution is 2.44. The van der Waals surface area contributed by atoms with Gasteiger partial charge in [0.1, 0.15) is 5.70 Å². The molecule has 0 spiro atoms. The third kappa shape index (κ3) is 1.46. The summed E-state index contributed by atoms with van der Waals surface area (Å²) >= 11 is 0. The van der Waals surface area contributed by atoms with E-state index in [1.165, 1.54) is 0 Å². The fraction of sp³-hybridized carbons (Fsp3) is 0.429. The van der Waals surface area contributed by atoms with E-state index in [-0.39, 0.29) is 5.82 Å². The van der Waals surface area contributed by atoms with E-state index >= 15 is 0 Å². The first-order chi connectivity index (χ1) is 9.26. The van der Waals surface area contributed by atoms with Crippen LogP contribution in [-0.2, 0) is 5.21 Å². The van der Waals surface area contributed by atoms with Gasteiger partial charge in [-0.15, -0.1) is 0 Å². The summed E-state index contributed by atoms with van der Waals surface area (Å²) < 4.78 is 0. The zero-order chi connectivity index (χ0) is 14.7. The van der Waals surface area contributed by atoms with Crippen molar-refractivity contribution in [3.8, 4) is 0 Å². The molecule has 2 aliphatic heterocycles. The molecule has 1 saturated heterocycles. The topological polar surface area (TPSA) is 71.9 Å². The summed E-state index contributed by atoms with van der Waals surface area (Å²) in [6, 6.07) is 3.62. The zero-order valence-electron chi connectivity index (χ0n) is 12.0. The molecule has 105 valence electrons. The van der Waals surface area contributed by atoms with Crippen molar-refractivity contribution in [2.45, 2.75) is 38.8 Å². The molecule has 3 rings (SSSR count). The predicted molar refractivity (Wildman–Crippen MR) is 70.8 cm³/mol. The fourth-order valence-corrected chi connectivity index (χ4v) is 2.36. The quantitative estimate of drug-likeness (QED) is 0.750. The Morgan fingerprint density at radius 1 is 1.20 bits per heavy atom. The van der Waals surface area contributed by atoms with Gasteiger partial charge in [-0.3, -0.25) is 10.2 Å². The van der Waals surface area contributed by atoms with Gasteiger partial charge >= 0.3 is 0 Å². The Bertz CT molecular complexity index is 662. The van der Waals surface area contributed by atoms with Crippen LogP contribution in [-0.4, -0.2) is 31.4 Å². The minimum atomic E-state index is -0.768. The Kier molecular flexibility index (Phi) is 2.49. The molecule has 3 heterocycles. The van der Waals surface area contributed by atoms with Gasteiger partial charge in [0.25, 0.3) is 0 Å². The van der Waals surface area contributed by atoms with Gasteiger partial charge in [-0.2, -0.15) is 5.06 Å². The second-order valence-electron chi connectivity index (χ2n) is 6.10. The molecule has 0 aromatic carbocycles. The van der Waals surface area contributed by atoms with Crippen molar-refractivity contribution in [3.63, 3.8) is 0 Å².